The van der Waals surface area contributed by atoms with Crippen LogP contribution < -0.4 is 12.4 Å². The lowest BCUT2D eigenvalue weighted by atomic mass is 10.4. The summed E-state index contributed by atoms with van der Waals surface area (Å²) in [6, 6.07) is 0. The molecule has 1 unspecified atom stereocenters. The van der Waals surface area contributed by atoms with Gasteiger partial charge < -0.3 is 16.6 Å². The van der Waals surface area contributed by atoms with Crippen LogP contribution in [0.2, 0.25) is 0 Å². The molecule has 0 N–H and O–H groups in total. The van der Waals surface area contributed by atoms with Crippen molar-refractivity contribution in [2.75, 3.05) is 19.8 Å². The molecule has 0 bridgehead atoms. The third-order valence-electron chi connectivity index (χ3n) is 2.70. The van der Waals surface area contributed by atoms with Crippen molar-refractivity contribution in [3.8, 4) is 0 Å². The van der Waals surface area contributed by atoms with E-state index in [0.717, 1.165) is 26.2 Å². The van der Waals surface area contributed by atoms with E-state index in [-0.39, 0.29) is 18.3 Å². The van der Waals surface area contributed by atoms with Crippen LogP contribution in [0.4, 0.5) is 0 Å². The van der Waals surface area contributed by atoms with Gasteiger partial charge in [0.2, 0.25) is 5.91 Å². The summed E-state index contributed by atoms with van der Waals surface area (Å²) in [5.41, 5.74) is 0. The summed E-state index contributed by atoms with van der Waals surface area (Å²) in [7, 11) is 0. The van der Waals surface area contributed by atoms with Crippen LogP contribution in [0.25, 0.3) is 0 Å². The first-order valence-corrected chi connectivity index (χ1v) is 5.63. The fourth-order valence-corrected chi connectivity index (χ4v) is 2.40. The second-order valence-corrected chi connectivity index (χ2v) is 4.70. The van der Waals surface area contributed by atoms with E-state index in [4.69, 9.17) is 4.18 Å². The van der Waals surface area contributed by atoms with Crippen LogP contribution in [0.1, 0.15) is 19.8 Å². The summed E-state index contributed by atoms with van der Waals surface area (Å²) in [6.07, 6.45) is 5.42. The maximum Gasteiger partial charge on any atom is 0.319 e. The number of hydrogen-bond donors (Lipinski definition) is 0. The summed E-state index contributed by atoms with van der Waals surface area (Å²) in [4.78, 5) is 13.4. The number of hydrogen-bond acceptors (Lipinski definition) is 3. The van der Waals surface area contributed by atoms with Crippen LogP contribution in [-0.4, -0.2) is 34.5 Å². The smallest absolute Gasteiger partial charge is 0.319 e. The lowest BCUT2D eigenvalue weighted by Crippen LogP contribution is -3.00. The van der Waals surface area contributed by atoms with Crippen LogP contribution in [0.15, 0.2) is 12.5 Å². The molecular formula is C9H15ClN2O2S. The van der Waals surface area contributed by atoms with Gasteiger partial charge in [-0.3, -0.25) is 9.69 Å². The SMILES string of the molecule is CC[N+]1(CN2CCCC2=O)C=COS1.[Cl-]. The summed E-state index contributed by atoms with van der Waals surface area (Å²) < 4.78 is 5.84. The van der Waals surface area contributed by atoms with Gasteiger partial charge in [0.15, 0.2) is 12.9 Å². The minimum Gasteiger partial charge on any atom is -1.00 e. The lowest BCUT2D eigenvalue weighted by Gasteiger charge is -2.28. The molecule has 1 atom stereocenters. The molecule has 0 aromatic rings. The Balaban J connectivity index is 0.00000112. The molecule has 1 saturated heterocycles. The average molecular weight is 251 g/mol. The van der Waals surface area contributed by atoms with E-state index >= 15 is 0 Å². The van der Waals surface area contributed by atoms with E-state index in [1.54, 1.807) is 6.26 Å². The van der Waals surface area contributed by atoms with Crippen molar-refractivity contribution in [3.63, 3.8) is 0 Å². The van der Waals surface area contributed by atoms with Gasteiger partial charge in [-0.2, -0.15) is 3.89 Å². The molecule has 1 fully saturated rings. The Bertz CT molecular complexity index is 275. The number of carbonyl (C=O) groups excluding carboxylic acids is 1. The van der Waals surface area contributed by atoms with E-state index in [9.17, 15) is 4.79 Å². The van der Waals surface area contributed by atoms with Crippen molar-refractivity contribution in [2.24, 2.45) is 0 Å². The van der Waals surface area contributed by atoms with Crippen molar-refractivity contribution in [1.29, 1.82) is 0 Å². The minimum absolute atomic E-state index is 0. The molecule has 0 aromatic carbocycles. The van der Waals surface area contributed by atoms with Gasteiger partial charge in [0.05, 0.1) is 6.54 Å². The zero-order valence-corrected chi connectivity index (χ0v) is 10.3. The quantitative estimate of drug-likeness (QED) is 0.346. The Morgan fingerprint density at radius 1 is 1.67 bits per heavy atom. The molecule has 2 aliphatic rings. The molecule has 2 aliphatic heterocycles. The molecule has 86 valence electrons. The average Bonchev–Trinajstić information content (AvgIpc) is 2.79. The lowest BCUT2D eigenvalue weighted by molar-refractivity contribution is -0.748. The van der Waals surface area contributed by atoms with E-state index in [0.29, 0.717) is 10.3 Å². The zero-order chi connectivity index (χ0) is 10.0. The first-order valence-electron chi connectivity index (χ1n) is 4.93. The number of halogens is 1. The molecular weight excluding hydrogens is 236 g/mol. The van der Waals surface area contributed by atoms with E-state index in [1.807, 2.05) is 11.1 Å². The fraction of sp³-hybridized carbons (Fsp3) is 0.667. The molecule has 1 amide bonds. The Morgan fingerprint density at radius 3 is 2.93 bits per heavy atom. The van der Waals surface area contributed by atoms with Crippen LogP contribution in [0.3, 0.4) is 0 Å². The van der Waals surface area contributed by atoms with E-state index in [1.165, 1.54) is 12.2 Å². The Labute approximate surface area is 101 Å². The summed E-state index contributed by atoms with van der Waals surface area (Å²) in [5, 5.41) is 0. The Kier molecular flexibility index (Phi) is 4.31. The van der Waals surface area contributed by atoms with Crippen molar-refractivity contribution in [2.45, 2.75) is 19.8 Å². The Morgan fingerprint density at radius 2 is 2.47 bits per heavy atom. The monoisotopic (exact) mass is 250 g/mol. The number of nitrogens with zero attached hydrogens (tertiary/aromatic N) is 2. The second kappa shape index (κ2) is 5.09. The van der Waals surface area contributed by atoms with Gasteiger partial charge in [0.25, 0.3) is 0 Å². The molecule has 0 spiro atoms. The maximum absolute atomic E-state index is 11.5. The first kappa shape index (κ1) is 12.7. The maximum atomic E-state index is 11.5. The highest BCUT2D eigenvalue weighted by molar-refractivity contribution is 7.89. The molecule has 0 radical (unpaired) electrons. The highest BCUT2D eigenvalue weighted by Crippen LogP contribution is 2.32. The molecule has 15 heavy (non-hydrogen) atoms. The molecule has 4 nitrogen and oxygen atoms in total. The number of quaternary nitrogens is 1. The van der Waals surface area contributed by atoms with Crippen LogP contribution in [0, 0.1) is 0 Å². The molecule has 2 heterocycles. The third kappa shape index (κ3) is 2.59. The van der Waals surface area contributed by atoms with Crippen molar-refractivity contribution >= 4 is 18.1 Å². The van der Waals surface area contributed by atoms with Crippen molar-refractivity contribution in [3.05, 3.63) is 12.5 Å². The standard InChI is InChI=1S/C9H15N2O2S.ClH/c1-2-11(6-7-13-14-11)8-10-5-3-4-9(10)12;/h6-7H,2-5,8H2,1H3;1H/q+1;/p-1. The number of likely N-dealkylation sites (tertiary alicyclic amines) is 1. The van der Waals surface area contributed by atoms with Crippen LogP contribution in [-0.2, 0) is 8.98 Å². The van der Waals surface area contributed by atoms with E-state index in [2.05, 4.69) is 6.92 Å². The molecule has 0 saturated carbocycles. The highest BCUT2D eigenvalue weighted by atomic mass is 35.5. The van der Waals surface area contributed by atoms with Gasteiger partial charge >= 0.3 is 12.2 Å². The summed E-state index contributed by atoms with van der Waals surface area (Å²) in [5.74, 6) is 0.275. The molecule has 6 heteroatoms. The van der Waals surface area contributed by atoms with Gasteiger partial charge in [-0.15, -0.1) is 0 Å². The van der Waals surface area contributed by atoms with Crippen LogP contribution >= 0.6 is 12.2 Å². The molecule has 0 aliphatic carbocycles. The minimum atomic E-state index is 0. The van der Waals surface area contributed by atoms with Crippen molar-refractivity contribution < 1.29 is 25.3 Å². The highest BCUT2D eigenvalue weighted by Gasteiger charge is 2.36. The van der Waals surface area contributed by atoms with E-state index < -0.39 is 0 Å². The molecule has 0 aromatic heterocycles. The van der Waals surface area contributed by atoms with Gasteiger partial charge in [0, 0.05) is 13.0 Å². The van der Waals surface area contributed by atoms with Gasteiger partial charge in [-0.05, 0) is 13.3 Å². The predicted octanol–water partition coefficient (Wildman–Crippen LogP) is -1.53. The third-order valence-corrected chi connectivity index (χ3v) is 3.69. The summed E-state index contributed by atoms with van der Waals surface area (Å²) in [6.45, 7) is 4.67. The van der Waals surface area contributed by atoms with Crippen molar-refractivity contribution in [1.82, 2.24) is 4.90 Å². The second-order valence-electron chi connectivity index (χ2n) is 3.63. The van der Waals surface area contributed by atoms with Gasteiger partial charge in [0.1, 0.15) is 6.20 Å². The zero-order valence-electron chi connectivity index (χ0n) is 8.69. The first-order chi connectivity index (χ1) is 6.76. The van der Waals surface area contributed by atoms with Gasteiger partial charge in [-0.1, -0.05) is 0 Å². The topological polar surface area (TPSA) is 29.5 Å². The number of rotatable bonds is 3. The fourth-order valence-electron chi connectivity index (χ4n) is 1.74. The molecule has 2 rings (SSSR count). The normalized spacial score (nSPS) is 29.1. The number of amides is 1. The largest absolute Gasteiger partial charge is 1.00 e. The predicted molar refractivity (Wildman–Crippen MR) is 54.4 cm³/mol. The summed E-state index contributed by atoms with van der Waals surface area (Å²) >= 11 is 1.41. The van der Waals surface area contributed by atoms with Crippen LogP contribution in [0.5, 0.6) is 0 Å². The number of carbonyl (C=O) groups is 1. The van der Waals surface area contributed by atoms with Gasteiger partial charge in [-0.25, -0.2) is 0 Å². The Hall–Kier alpha value is -0.390.